The number of methoxy groups -OCH3 is 1. The van der Waals surface area contributed by atoms with Crippen LogP contribution in [0.25, 0.3) is 0 Å². The van der Waals surface area contributed by atoms with Gasteiger partial charge in [0, 0.05) is 12.7 Å². The molecule has 19 heavy (non-hydrogen) atoms. The summed E-state index contributed by atoms with van der Waals surface area (Å²) in [5, 5.41) is 2.09. The molecule has 0 atom stereocenters. The van der Waals surface area contributed by atoms with E-state index in [0.717, 1.165) is 19.2 Å². The second kappa shape index (κ2) is 5.57. The van der Waals surface area contributed by atoms with Crippen LogP contribution in [0.4, 0.5) is 10.5 Å². The third-order valence-electron chi connectivity index (χ3n) is 2.15. The highest BCUT2D eigenvalue weighted by molar-refractivity contribution is 7.90. The van der Waals surface area contributed by atoms with E-state index in [2.05, 4.69) is 10.1 Å². The smallest absolute Gasteiger partial charge is 0.339 e. The maximum atomic E-state index is 11.9. The summed E-state index contributed by atoms with van der Waals surface area (Å²) >= 11 is 0. The van der Waals surface area contributed by atoms with E-state index in [4.69, 9.17) is 5.73 Å². The second-order valence-electron chi connectivity index (χ2n) is 3.43. The van der Waals surface area contributed by atoms with Gasteiger partial charge in [0.05, 0.1) is 12.7 Å². The minimum atomic E-state index is -4.19. The van der Waals surface area contributed by atoms with Crippen molar-refractivity contribution in [2.75, 3.05) is 19.9 Å². The van der Waals surface area contributed by atoms with Gasteiger partial charge in [-0.25, -0.2) is 22.7 Å². The first-order valence-corrected chi connectivity index (χ1v) is 6.52. The summed E-state index contributed by atoms with van der Waals surface area (Å²) in [7, 11) is -1.83. The van der Waals surface area contributed by atoms with Crippen molar-refractivity contribution >= 4 is 27.7 Å². The van der Waals surface area contributed by atoms with Gasteiger partial charge in [-0.2, -0.15) is 0 Å². The number of esters is 1. The molecule has 2 amide bonds. The number of carbonyl (C=O) groups excluding carboxylic acids is 2. The fraction of sp³-hybridized carbons (Fsp3) is 0.200. The van der Waals surface area contributed by atoms with Crippen LogP contribution in [0.1, 0.15) is 10.4 Å². The van der Waals surface area contributed by atoms with Crippen LogP contribution in [-0.4, -0.2) is 34.6 Å². The number of nitrogens with two attached hydrogens (primary N) is 1. The van der Waals surface area contributed by atoms with Gasteiger partial charge in [0.2, 0.25) is 0 Å². The molecule has 0 aliphatic heterocycles. The van der Waals surface area contributed by atoms with Gasteiger partial charge >= 0.3 is 12.0 Å². The van der Waals surface area contributed by atoms with Gasteiger partial charge in [0.15, 0.2) is 0 Å². The molecule has 1 aromatic rings. The largest absolute Gasteiger partial charge is 0.465 e. The lowest BCUT2D eigenvalue weighted by Crippen LogP contribution is -2.38. The molecule has 9 heteroatoms. The Kier molecular flexibility index (Phi) is 4.33. The molecule has 0 radical (unpaired) electrons. The van der Waals surface area contributed by atoms with E-state index in [1.807, 2.05) is 0 Å². The predicted molar refractivity (Wildman–Crippen MR) is 67.0 cm³/mol. The normalized spacial score (nSPS) is 10.6. The Hall–Kier alpha value is -2.29. The Balaban J connectivity index is 3.34. The Labute approximate surface area is 110 Å². The first-order valence-electron chi connectivity index (χ1n) is 5.04. The monoisotopic (exact) mass is 287 g/mol. The zero-order chi connectivity index (χ0) is 14.6. The van der Waals surface area contributed by atoms with Gasteiger partial charge in [-0.05, 0) is 18.2 Å². The fourth-order valence-corrected chi connectivity index (χ4v) is 2.41. The maximum Gasteiger partial charge on any atom is 0.339 e. The fourth-order valence-electron chi connectivity index (χ4n) is 1.28. The molecule has 0 aromatic heterocycles. The molecule has 1 rings (SSSR count). The number of urea groups is 1. The minimum absolute atomic E-state index is 0.194. The maximum absolute atomic E-state index is 11.9. The van der Waals surface area contributed by atoms with Crippen molar-refractivity contribution in [1.82, 2.24) is 10.0 Å². The number of ether oxygens (including phenoxy) is 1. The van der Waals surface area contributed by atoms with Gasteiger partial charge in [-0.1, -0.05) is 0 Å². The molecule has 0 heterocycles. The molecule has 1 aromatic carbocycles. The molecule has 0 bridgehead atoms. The number of amides is 2. The zero-order valence-electron chi connectivity index (χ0n) is 10.3. The van der Waals surface area contributed by atoms with Crippen LogP contribution in [0.2, 0.25) is 0 Å². The van der Waals surface area contributed by atoms with Crippen LogP contribution in [-0.2, 0) is 14.8 Å². The lowest BCUT2D eigenvalue weighted by molar-refractivity contribution is 0.0596. The van der Waals surface area contributed by atoms with E-state index in [1.54, 1.807) is 4.72 Å². The number of anilines is 1. The quantitative estimate of drug-likeness (QED) is 0.516. The number of nitrogens with one attached hydrogen (secondary N) is 2. The summed E-state index contributed by atoms with van der Waals surface area (Å²) in [5.74, 6) is -0.871. The first-order chi connectivity index (χ1) is 8.81. The van der Waals surface area contributed by atoms with E-state index < -0.39 is 26.9 Å². The number of hydrogen-bond acceptors (Lipinski definition) is 6. The van der Waals surface area contributed by atoms with E-state index in [-0.39, 0.29) is 11.3 Å². The SMILES string of the molecule is CNC(=O)NS(=O)(=O)c1ccc(N)cc1C(=O)OC. The molecule has 104 valence electrons. The average molecular weight is 287 g/mol. The van der Waals surface area contributed by atoms with Crippen molar-refractivity contribution in [2.45, 2.75) is 4.90 Å². The first kappa shape index (κ1) is 14.8. The molecule has 0 fully saturated rings. The molecular weight excluding hydrogens is 274 g/mol. The third-order valence-corrected chi connectivity index (χ3v) is 3.54. The van der Waals surface area contributed by atoms with Crippen molar-refractivity contribution < 1.29 is 22.7 Å². The molecule has 0 spiro atoms. The van der Waals surface area contributed by atoms with Crippen LogP contribution in [0.15, 0.2) is 23.1 Å². The Morgan fingerprint density at radius 3 is 2.47 bits per heavy atom. The zero-order valence-corrected chi connectivity index (χ0v) is 11.1. The van der Waals surface area contributed by atoms with Crippen molar-refractivity contribution in [3.63, 3.8) is 0 Å². The average Bonchev–Trinajstić information content (AvgIpc) is 2.36. The second-order valence-corrected chi connectivity index (χ2v) is 5.08. The van der Waals surface area contributed by atoms with Crippen LogP contribution < -0.4 is 15.8 Å². The van der Waals surface area contributed by atoms with Crippen molar-refractivity contribution in [2.24, 2.45) is 0 Å². The van der Waals surface area contributed by atoms with Gasteiger partial charge in [0.25, 0.3) is 10.0 Å². The summed E-state index contributed by atoms with van der Waals surface area (Å²) in [4.78, 5) is 22.2. The third kappa shape index (κ3) is 3.35. The predicted octanol–water partition coefficient (Wildman–Crippen LogP) is -0.327. The van der Waals surface area contributed by atoms with Crippen LogP contribution >= 0.6 is 0 Å². The van der Waals surface area contributed by atoms with E-state index in [1.165, 1.54) is 13.1 Å². The molecule has 0 unspecified atom stereocenters. The number of sulfonamides is 1. The van der Waals surface area contributed by atoms with Gasteiger partial charge < -0.3 is 15.8 Å². The summed E-state index contributed by atoms with van der Waals surface area (Å²) in [6, 6.07) is 2.65. The number of rotatable bonds is 3. The summed E-state index contributed by atoms with van der Waals surface area (Å²) in [6.45, 7) is 0. The van der Waals surface area contributed by atoms with Gasteiger partial charge in [0.1, 0.15) is 4.90 Å². The lowest BCUT2D eigenvalue weighted by Gasteiger charge is -2.10. The van der Waals surface area contributed by atoms with E-state index >= 15 is 0 Å². The topological polar surface area (TPSA) is 128 Å². The Morgan fingerprint density at radius 1 is 1.32 bits per heavy atom. The molecule has 0 aliphatic rings. The molecule has 0 saturated heterocycles. The number of carbonyl (C=O) groups is 2. The Morgan fingerprint density at radius 2 is 1.95 bits per heavy atom. The molecule has 4 N–H and O–H groups in total. The number of benzene rings is 1. The summed E-state index contributed by atoms with van der Waals surface area (Å²) in [5.41, 5.74) is 5.43. The number of hydrogen-bond donors (Lipinski definition) is 3. The van der Waals surface area contributed by atoms with Crippen LogP contribution in [0, 0.1) is 0 Å². The molecule has 0 saturated carbocycles. The highest BCUT2D eigenvalue weighted by Gasteiger charge is 2.24. The Bertz CT molecular complexity index is 612. The van der Waals surface area contributed by atoms with Gasteiger partial charge in [-0.3, -0.25) is 0 Å². The standard InChI is InChI=1S/C10H13N3O5S/c1-12-10(15)13-19(16,17)8-4-3-6(11)5-7(8)9(14)18-2/h3-5H,11H2,1-2H3,(H2,12,13,15). The van der Waals surface area contributed by atoms with Crippen LogP contribution in [0.5, 0.6) is 0 Å². The van der Waals surface area contributed by atoms with Gasteiger partial charge in [-0.15, -0.1) is 0 Å². The van der Waals surface area contributed by atoms with Crippen LogP contribution in [0.3, 0.4) is 0 Å². The number of nitrogen functional groups attached to an aromatic ring is 1. The molecule has 8 nitrogen and oxygen atoms in total. The molecular formula is C10H13N3O5S. The van der Waals surface area contributed by atoms with Crippen molar-refractivity contribution in [1.29, 1.82) is 0 Å². The minimum Gasteiger partial charge on any atom is -0.465 e. The molecule has 0 aliphatic carbocycles. The highest BCUT2D eigenvalue weighted by Crippen LogP contribution is 2.19. The highest BCUT2D eigenvalue weighted by atomic mass is 32.2. The van der Waals surface area contributed by atoms with E-state index in [9.17, 15) is 18.0 Å². The summed E-state index contributed by atoms with van der Waals surface area (Å²) in [6.07, 6.45) is 0. The summed E-state index contributed by atoms with van der Waals surface area (Å²) < 4.78 is 30.1. The van der Waals surface area contributed by atoms with E-state index in [0.29, 0.717) is 0 Å². The van der Waals surface area contributed by atoms with Crippen molar-refractivity contribution in [3.05, 3.63) is 23.8 Å². The van der Waals surface area contributed by atoms with Crippen molar-refractivity contribution in [3.8, 4) is 0 Å². The lowest BCUT2D eigenvalue weighted by atomic mass is 10.2.